The molecule has 0 radical (unpaired) electrons. The van der Waals surface area contributed by atoms with Crippen LogP contribution in [0.3, 0.4) is 0 Å². The lowest BCUT2D eigenvalue weighted by Crippen LogP contribution is -2.48. The number of benzene rings is 1. The van der Waals surface area contributed by atoms with Crippen LogP contribution in [0.1, 0.15) is 45.2 Å². The number of amides is 2. The molecule has 1 aromatic carbocycles. The van der Waals surface area contributed by atoms with E-state index in [1.165, 1.54) is 0 Å². The molecular formula is C21H28N4O2. The first-order chi connectivity index (χ1) is 12.8. The molecule has 1 fully saturated rings. The van der Waals surface area contributed by atoms with Crippen molar-refractivity contribution in [2.45, 2.75) is 39.7 Å². The average Bonchev–Trinajstić information content (AvgIpc) is 2.67. The number of carbonyl (C=O) groups is 2. The van der Waals surface area contributed by atoms with E-state index < -0.39 is 11.8 Å². The third-order valence-electron chi connectivity index (χ3n) is 4.78. The Kier molecular flexibility index (Phi) is 6.93. The highest BCUT2D eigenvalue weighted by Crippen LogP contribution is 2.33. The number of nitrogens with zero attached hydrogens (tertiary/aromatic N) is 2. The molecule has 2 atom stereocenters. The van der Waals surface area contributed by atoms with Crippen LogP contribution in [0, 0.1) is 5.92 Å². The summed E-state index contributed by atoms with van der Waals surface area (Å²) >= 11 is 0. The summed E-state index contributed by atoms with van der Waals surface area (Å²) in [5, 5.41) is 2.65. The van der Waals surface area contributed by atoms with Crippen LogP contribution < -0.4 is 11.1 Å². The molecule has 2 rings (SSSR count). The van der Waals surface area contributed by atoms with Crippen LogP contribution in [0.5, 0.6) is 0 Å². The quantitative estimate of drug-likeness (QED) is 0.487. The molecule has 0 unspecified atom stereocenters. The van der Waals surface area contributed by atoms with Gasteiger partial charge in [0.2, 0.25) is 0 Å². The number of rotatable bonds is 4. The van der Waals surface area contributed by atoms with Crippen LogP contribution in [-0.2, 0) is 9.59 Å². The Balaban J connectivity index is 2.16. The van der Waals surface area contributed by atoms with E-state index in [4.69, 9.17) is 5.73 Å². The lowest BCUT2D eigenvalue weighted by molar-refractivity contribution is -0.148. The highest BCUT2D eigenvalue weighted by molar-refractivity contribution is 6.35. The molecule has 144 valence electrons. The van der Waals surface area contributed by atoms with Gasteiger partial charge in [0.25, 0.3) is 0 Å². The largest absolute Gasteiger partial charge is 0.384 e. The molecule has 0 spiro atoms. The van der Waals surface area contributed by atoms with E-state index in [0.29, 0.717) is 23.7 Å². The minimum atomic E-state index is -0.642. The van der Waals surface area contributed by atoms with Gasteiger partial charge in [-0.2, -0.15) is 0 Å². The number of piperidine rings is 1. The molecule has 6 nitrogen and oxygen atoms in total. The van der Waals surface area contributed by atoms with Crippen molar-refractivity contribution in [1.82, 2.24) is 10.2 Å². The third kappa shape index (κ3) is 5.29. The fraction of sp³-hybridized carbons (Fsp3) is 0.381. The van der Waals surface area contributed by atoms with Crippen molar-refractivity contribution in [1.29, 1.82) is 0 Å². The summed E-state index contributed by atoms with van der Waals surface area (Å²) in [6, 6.07) is 9.78. The third-order valence-corrected chi connectivity index (χ3v) is 4.78. The standard InChI is InChI=1S/C21H28N4O2/c1-14-10-11-18(17-8-6-5-7-9-17)25(13-14)21(27)20(26)24-16(3)12-15(2)19(22)23-4/h5-9,12,14,18H,4,10-11,13,22H2,1-3H3,(H,24,26)/b16-12+,19-15-/t14-,18-/m0/s1. The highest BCUT2D eigenvalue weighted by atomic mass is 16.2. The van der Waals surface area contributed by atoms with Gasteiger partial charge in [-0.15, -0.1) is 0 Å². The van der Waals surface area contributed by atoms with E-state index in [-0.39, 0.29) is 11.9 Å². The topological polar surface area (TPSA) is 87.8 Å². The number of nitrogens with two attached hydrogens (primary N) is 1. The van der Waals surface area contributed by atoms with Crippen LogP contribution in [-0.4, -0.2) is 30.0 Å². The van der Waals surface area contributed by atoms with E-state index in [2.05, 4.69) is 24.0 Å². The van der Waals surface area contributed by atoms with Crippen LogP contribution in [0.2, 0.25) is 0 Å². The first-order valence-electron chi connectivity index (χ1n) is 9.11. The minimum Gasteiger partial charge on any atom is -0.384 e. The van der Waals surface area contributed by atoms with Gasteiger partial charge in [-0.1, -0.05) is 37.3 Å². The molecular weight excluding hydrogens is 340 g/mol. The predicted octanol–water partition coefficient (Wildman–Crippen LogP) is 2.90. The number of allylic oxidation sites excluding steroid dienone is 3. The normalized spacial score (nSPS) is 21.3. The Morgan fingerprint density at radius 1 is 1.26 bits per heavy atom. The summed E-state index contributed by atoms with van der Waals surface area (Å²) < 4.78 is 0. The van der Waals surface area contributed by atoms with Crippen molar-refractivity contribution in [2.75, 3.05) is 6.54 Å². The van der Waals surface area contributed by atoms with E-state index in [1.807, 2.05) is 30.3 Å². The molecule has 1 aromatic rings. The van der Waals surface area contributed by atoms with Crippen LogP contribution in [0.25, 0.3) is 0 Å². The van der Waals surface area contributed by atoms with Crippen molar-refractivity contribution in [3.8, 4) is 0 Å². The van der Waals surface area contributed by atoms with E-state index >= 15 is 0 Å². The number of carbonyl (C=O) groups excluding carboxylic acids is 2. The number of likely N-dealkylation sites (tertiary alicyclic amines) is 1. The second-order valence-corrected chi connectivity index (χ2v) is 7.07. The van der Waals surface area contributed by atoms with Gasteiger partial charge in [0.1, 0.15) is 5.82 Å². The Morgan fingerprint density at radius 2 is 1.93 bits per heavy atom. The Hall–Kier alpha value is -2.89. The molecule has 0 saturated carbocycles. The zero-order valence-electron chi connectivity index (χ0n) is 16.2. The van der Waals surface area contributed by atoms with Gasteiger partial charge in [-0.25, -0.2) is 4.99 Å². The lowest BCUT2D eigenvalue weighted by Gasteiger charge is -2.38. The van der Waals surface area contributed by atoms with Crippen molar-refractivity contribution >= 4 is 18.5 Å². The predicted molar refractivity (Wildman–Crippen MR) is 108 cm³/mol. The molecule has 0 bridgehead atoms. The smallest absolute Gasteiger partial charge is 0.313 e. The number of hydrogen-bond acceptors (Lipinski definition) is 4. The first kappa shape index (κ1) is 20.4. The zero-order chi connectivity index (χ0) is 20.0. The molecule has 0 aliphatic carbocycles. The monoisotopic (exact) mass is 368 g/mol. The molecule has 27 heavy (non-hydrogen) atoms. The summed E-state index contributed by atoms with van der Waals surface area (Å²) in [5.41, 5.74) is 7.94. The van der Waals surface area contributed by atoms with Gasteiger partial charge in [0, 0.05) is 12.2 Å². The summed E-state index contributed by atoms with van der Waals surface area (Å²) in [4.78, 5) is 30.7. The van der Waals surface area contributed by atoms with Gasteiger partial charge in [0.15, 0.2) is 0 Å². The maximum Gasteiger partial charge on any atom is 0.313 e. The van der Waals surface area contributed by atoms with Gasteiger partial charge in [-0.3, -0.25) is 9.59 Å². The van der Waals surface area contributed by atoms with Gasteiger partial charge < -0.3 is 16.0 Å². The first-order valence-corrected chi connectivity index (χ1v) is 9.11. The molecule has 2 amide bonds. The van der Waals surface area contributed by atoms with Gasteiger partial charge in [-0.05, 0) is 56.5 Å². The Morgan fingerprint density at radius 3 is 2.56 bits per heavy atom. The molecule has 1 aliphatic rings. The maximum absolute atomic E-state index is 12.9. The molecule has 6 heteroatoms. The van der Waals surface area contributed by atoms with E-state index in [1.54, 1.807) is 24.8 Å². The van der Waals surface area contributed by atoms with Crippen LogP contribution >= 0.6 is 0 Å². The number of nitrogens with one attached hydrogen (secondary N) is 1. The van der Waals surface area contributed by atoms with Crippen LogP contribution in [0.15, 0.2) is 58.5 Å². The summed E-state index contributed by atoms with van der Waals surface area (Å²) in [6.45, 7) is 9.51. The summed E-state index contributed by atoms with van der Waals surface area (Å²) in [7, 11) is 0. The molecule has 1 aliphatic heterocycles. The average molecular weight is 368 g/mol. The molecule has 1 heterocycles. The zero-order valence-corrected chi connectivity index (χ0v) is 16.2. The van der Waals surface area contributed by atoms with Crippen molar-refractivity contribution in [3.05, 3.63) is 59.1 Å². The fourth-order valence-corrected chi connectivity index (χ4v) is 3.32. The highest BCUT2D eigenvalue weighted by Gasteiger charge is 2.34. The SMILES string of the molecule is C=N/C(N)=C(C)\C=C(/C)NC(=O)C(=O)N1C[C@@H](C)CC[C@H]1c1ccccc1. The van der Waals surface area contributed by atoms with Crippen molar-refractivity contribution in [2.24, 2.45) is 16.6 Å². The lowest BCUT2D eigenvalue weighted by atomic mass is 9.90. The minimum absolute atomic E-state index is 0.0767. The van der Waals surface area contributed by atoms with Crippen molar-refractivity contribution < 1.29 is 9.59 Å². The second-order valence-electron chi connectivity index (χ2n) is 7.07. The Bertz CT molecular complexity index is 768. The van der Waals surface area contributed by atoms with Gasteiger partial charge in [0.05, 0.1) is 6.04 Å². The Labute approximate surface area is 160 Å². The fourth-order valence-electron chi connectivity index (χ4n) is 3.32. The maximum atomic E-state index is 12.9. The summed E-state index contributed by atoms with van der Waals surface area (Å²) in [5.74, 6) is -0.512. The number of aliphatic imine (C=N–C) groups is 1. The second kappa shape index (κ2) is 9.16. The number of hydrogen-bond donors (Lipinski definition) is 2. The van der Waals surface area contributed by atoms with Crippen molar-refractivity contribution in [3.63, 3.8) is 0 Å². The molecule has 3 N–H and O–H groups in total. The van der Waals surface area contributed by atoms with Gasteiger partial charge >= 0.3 is 11.8 Å². The van der Waals surface area contributed by atoms with Crippen LogP contribution in [0.4, 0.5) is 0 Å². The summed E-state index contributed by atoms with van der Waals surface area (Å²) in [6.07, 6.45) is 3.55. The van der Waals surface area contributed by atoms with E-state index in [0.717, 1.165) is 18.4 Å². The van der Waals surface area contributed by atoms with E-state index in [9.17, 15) is 9.59 Å². The molecule has 1 saturated heterocycles. The molecule has 0 aromatic heterocycles.